The van der Waals surface area contributed by atoms with E-state index in [9.17, 15) is 14.9 Å². The van der Waals surface area contributed by atoms with Gasteiger partial charge in [0.15, 0.2) is 6.10 Å². The molecule has 0 aliphatic heterocycles. The lowest BCUT2D eigenvalue weighted by Gasteiger charge is -2.20. The van der Waals surface area contributed by atoms with Crippen LogP contribution in [0.5, 0.6) is 5.75 Å². The molecule has 1 fully saturated rings. The first-order valence-electron chi connectivity index (χ1n) is 7.64. The van der Waals surface area contributed by atoms with Crippen molar-refractivity contribution in [3.63, 3.8) is 0 Å². The molecule has 22 heavy (non-hydrogen) atoms. The minimum atomic E-state index is -0.800. The Kier molecular flexibility index (Phi) is 5.68. The predicted octanol–water partition coefficient (Wildman–Crippen LogP) is 2.60. The first-order chi connectivity index (χ1) is 10.6. The van der Waals surface area contributed by atoms with Crippen LogP contribution in [0.3, 0.4) is 0 Å². The lowest BCUT2D eigenvalue weighted by molar-refractivity contribution is -0.390. The number of amides is 1. The third kappa shape index (κ3) is 4.41. The second-order valence-electron chi connectivity index (χ2n) is 5.54. The first-order valence-corrected chi connectivity index (χ1v) is 7.64. The summed E-state index contributed by atoms with van der Waals surface area (Å²) in [7, 11) is 0. The van der Waals surface area contributed by atoms with Gasteiger partial charge in [0.25, 0.3) is 5.91 Å². The van der Waals surface area contributed by atoms with Crippen LogP contribution in [-0.2, 0) is 4.79 Å². The van der Waals surface area contributed by atoms with Crippen LogP contribution in [-0.4, -0.2) is 28.0 Å². The third-order valence-electron chi connectivity index (χ3n) is 3.80. The van der Waals surface area contributed by atoms with Gasteiger partial charge in [0.2, 0.25) is 5.75 Å². The normalized spacial score (nSPS) is 17.3. The first kappa shape index (κ1) is 16.2. The highest BCUT2D eigenvalue weighted by Crippen LogP contribution is 2.24. The molecule has 1 aromatic heterocycles. The molecule has 1 aromatic rings. The fourth-order valence-corrected chi connectivity index (χ4v) is 2.60. The number of rotatable bonds is 5. The zero-order valence-electron chi connectivity index (χ0n) is 12.7. The summed E-state index contributed by atoms with van der Waals surface area (Å²) in [5.41, 5.74) is 0. The molecule has 1 saturated carbocycles. The molecule has 1 amide bonds. The third-order valence-corrected chi connectivity index (χ3v) is 3.80. The number of aromatic nitrogens is 1. The Bertz CT molecular complexity index is 527. The number of carbonyl (C=O) groups excluding carboxylic acids is 1. The van der Waals surface area contributed by atoms with Gasteiger partial charge in [0.1, 0.15) is 6.20 Å². The average molecular weight is 307 g/mol. The van der Waals surface area contributed by atoms with Crippen molar-refractivity contribution in [2.75, 3.05) is 0 Å². The Morgan fingerprint density at radius 1 is 1.41 bits per heavy atom. The molecule has 0 radical (unpaired) electrons. The van der Waals surface area contributed by atoms with Crippen molar-refractivity contribution in [2.24, 2.45) is 0 Å². The second-order valence-corrected chi connectivity index (χ2v) is 5.54. The van der Waals surface area contributed by atoms with Gasteiger partial charge < -0.3 is 20.2 Å². The molecule has 7 heteroatoms. The molecule has 120 valence electrons. The summed E-state index contributed by atoms with van der Waals surface area (Å²) in [5.74, 6) is -0.613. The van der Waals surface area contributed by atoms with Crippen molar-refractivity contribution >= 4 is 11.7 Å². The molecule has 1 atom stereocenters. The summed E-state index contributed by atoms with van der Waals surface area (Å²) in [6.07, 6.45) is 7.13. The van der Waals surface area contributed by atoms with Gasteiger partial charge in [0, 0.05) is 6.04 Å². The topological polar surface area (TPSA) is 94.4 Å². The maximum atomic E-state index is 12.2. The van der Waals surface area contributed by atoms with Crippen molar-refractivity contribution in [3.05, 3.63) is 28.4 Å². The Hall–Kier alpha value is -2.18. The number of ether oxygens (including phenoxy) is 1. The minimum absolute atomic E-state index is 0.0102. The highest BCUT2D eigenvalue weighted by molar-refractivity contribution is 5.81. The summed E-state index contributed by atoms with van der Waals surface area (Å²) in [6, 6.07) is 3.16. The zero-order chi connectivity index (χ0) is 15.9. The Morgan fingerprint density at radius 3 is 2.73 bits per heavy atom. The van der Waals surface area contributed by atoms with Crippen LogP contribution in [0.1, 0.15) is 45.4 Å². The number of pyridine rings is 1. The Labute approximate surface area is 129 Å². The summed E-state index contributed by atoms with van der Waals surface area (Å²) < 4.78 is 5.43. The molecule has 0 unspecified atom stereocenters. The molecule has 0 bridgehead atoms. The second kappa shape index (κ2) is 7.72. The summed E-state index contributed by atoms with van der Waals surface area (Å²) in [5, 5.41) is 13.9. The van der Waals surface area contributed by atoms with Gasteiger partial charge in [-0.2, -0.15) is 0 Å². The molecule has 0 spiro atoms. The van der Waals surface area contributed by atoms with Gasteiger partial charge in [-0.25, -0.2) is 0 Å². The largest absolute Gasteiger partial charge is 0.473 e. The highest BCUT2D eigenvalue weighted by Gasteiger charge is 2.23. The monoisotopic (exact) mass is 307 g/mol. The van der Waals surface area contributed by atoms with E-state index in [1.807, 2.05) is 0 Å². The predicted molar refractivity (Wildman–Crippen MR) is 80.6 cm³/mol. The Morgan fingerprint density at radius 2 is 2.09 bits per heavy atom. The van der Waals surface area contributed by atoms with Gasteiger partial charge in [-0.3, -0.25) is 4.79 Å². The van der Waals surface area contributed by atoms with E-state index in [4.69, 9.17) is 4.74 Å². The molecule has 1 N–H and O–H groups in total. The lowest BCUT2D eigenvalue weighted by Crippen LogP contribution is -2.42. The number of hydrogen-bond acceptors (Lipinski definition) is 5. The van der Waals surface area contributed by atoms with Crippen LogP contribution in [0.2, 0.25) is 0 Å². The molecule has 7 nitrogen and oxygen atoms in total. The van der Waals surface area contributed by atoms with Crippen LogP contribution >= 0.6 is 0 Å². The number of nitro groups is 1. The number of nitrogens with one attached hydrogen (secondary N) is 1. The van der Waals surface area contributed by atoms with E-state index in [0.717, 1.165) is 25.7 Å². The number of nitrogens with zero attached hydrogens (tertiary/aromatic N) is 2. The zero-order valence-corrected chi connectivity index (χ0v) is 12.7. The average Bonchev–Trinajstić information content (AvgIpc) is 2.76. The van der Waals surface area contributed by atoms with Gasteiger partial charge >= 0.3 is 5.82 Å². The number of hydrogen-bond donors (Lipinski definition) is 1. The SMILES string of the molecule is C[C@H](Oc1cccnc1[N+](=O)[O-])C(=O)NC1CCCCCC1. The van der Waals surface area contributed by atoms with Crippen molar-refractivity contribution in [1.82, 2.24) is 10.3 Å². The summed E-state index contributed by atoms with van der Waals surface area (Å²) in [4.78, 5) is 26.1. The highest BCUT2D eigenvalue weighted by atomic mass is 16.6. The summed E-state index contributed by atoms with van der Waals surface area (Å²) >= 11 is 0. The molecular formula is C15H21N3O4. The van der Waals surface area contributed by atoms with Gasteiger partial charge in [0.05, 0.1) is 0 Å². The van der Waals surface area contributed by atoms with Crippen LogP contribution in [0.25, 0.3) is 0 Å². The molecule has 0 saturated heterocycles. The van der Waals surface area contributed by atoms with Crippen molar-refractivity contribution in [2.45, 2.75) is 57.6 Å². The molecule has 2 rings (SSSR count). The van der Waals surface area contributed by atoms with E-state index in [1.54, 1.807) is 6.92 Å². The van der Waals surface area contributed by atoms with Crippen molar-refractivity contribution in [3.8, 4) is 5.75 Å². The van der Waals surface area contributed by atoms with Crippen LogP contribution in [0, 0.1) is 10.1 Å². The molecular weight excluding hydrogens is 286 g/mol. The van der Waals surface area contributed by atoms with E-state index in [1.165, 1.54) is 31.2 Å². The van der Waals surface area contributed by atoms with E-state index >= 15 is 0 Å². The van der Waals surface area contributed by atoms with Crippen LogP contribution in [0.4, 0.5) is 5.82 Å². The minimum Gasteiger partial charge on any atom is -0.473 e. The molecule has 0 aromatic carbocycles. The van der Waals surface area contributed by atoms with Crippen molar-refractivity contribution < 1.29 is 14.5 Å². The quantitative estimate of drug-likeness (QED) is 0.512. The smallest absolute Gasteiger partial charge is 0.406 e. The fourth-order valence-electron chi connectivity index (χ4n) is 2.60. The van der Waals surface area contributed by atoms with Crippen LogP contribution in [0.15, 0.2) is 18.3 Å². The number of carbonyl (C=O) groups is 1. The van der Waals surface area contributed by atoms with E-state index < -0.39 is 11.0 Å². The van der Waals surface area contributed by atoms with E-state index in [2.05, 4.69) is 10.3 Å². The van der Waals surface area contributed by atoms with Gasteiger partial charge in [-0.05, 0) is 41.8 Å². The fraction of sp³-hybridized carbons (Fsp3) is 0.600. The maximum Gasteiger partial charge on any atom is 0.406 e. The van der Waals surface area contributed by atoms with E-state index in [0.29, 0.717) is 0 Å². The van der Waals surface area contributed by atoms with Gasteiger partial charge in [-0.15, -0.1) is 0 Å². The van der Waals surface area contributed by atoms with E-state index in [-0.39, 0.29) is 23.5 Å². The maximum absolute atomic E-state index is 12.2. The standard InChI is InChI=1S/C15H21N3O4/c1-11(15(19)17-12-7-4-2-3-5-8-12)22-13-9-6-10-16-14(13)18(20)21/h6,9-12H,2-5,7-8H2,1H3,(H,17,19)/t11-/m0/s1. The van der Waals surface area contributed by atoms with Crippen LogP contribution < -0.4 is 10.1 Å². The molecule has 1 aliphatic rings. The molecule has 1 heterocycles. The molecule has 1 aliphatic carbocycles. The van der Waals surface area contributed by atoms with Crippen molar-refractivity contribution in [1.29, 1.82) is 0 Å². The van der Waals surface area contributed by atoms with Gasteiger partial charge in [-0.1, -0.05) is 25.7 Å². The summed E-state index contributed by atoms with van der Waals surface area (Å²) in [6.45, 7) is 1.59. The Balaban J connectivity index is 1.95. The lowest BCUT2D eigenvalue weighted by atomic mass is 10.1.